The Balaban J connectivity index is 2.89. The van der Waals surface area contributed by atoms with E-state index in [0.717, 1.165) is 12.1 Å². The van der Waals surface area contributed by atoms with E-state index in [1.807, 2.05) is 19.0 Å². The highest BCUT2D eigenvalue weighted by atomic mass is 32.2. The maximum Gasteiger partial charge on any atom is 0.0358 e. The Morgan fingerprint density at radius 1 is 1.50 bits per heavy atom. The van der Waals surface area contributed by atoms with Crippen LogP contribution in [0, 0.1) is 0 Å². The molecule has 0 N–H and O–H groups in total. The van der Waals surface area contributed by atoms with Crippen LogP contribution < -0.4 is 0 Å². The molecule has 1 aliphatic rings. The quantitative estimate of drug-likeness (QED) is 0.699. The zero-order chi connectivity index (χ0) is 10.6. The number of hydrogen-bond acceptors (Lipinski definition) is 2. The summed E-state index contributed by atoms with van der Waals surface area (Å²) in [5.74, 6) is 0. The van der Waals surface area contributed by atoms with Crippen LogP contribution >= 0.6 is 11.8 Å². The van der Waals surface area contributed by atoms with Gasteiger partial charge >= 0.3 is 0 Å². The summed E-state index contributed by atoms with van der Waals surface area (Å²) in [6, 6.07) is 0. The molecule has 1 rings (SSSR count). The van der Waals surface area contributed by atoms with Gasteiger partial charge in [0.1, 0.15) is 0 Å². The predicted molar refractivity (Wildman–Crippen MR) is 66.3 cm³/mol. The fraction of sp³-hybridized carbons (Fsp3) is 0.333. The van der Waals surface area contributed by atoms with E-state index < -0.39 is 0 Å². The van der Waals surface area contributed by atoms with Crippen molar-refractivity contribution in [2.24, 2.45) is 0 Å². The van der Waals surface area contributed by atoms with Crippen molar-refractivity contribution in [3.63, 3.8) is 0 Å². The van der Waals surface area contributed by atoms with Crippen molar-refractivity contribution >= 4 is 11.8 Å². The molecular weight excluding hydrogens is 190 g/mol. The molecule has 1 nitrogen and oxygen atoms in total. The molecule has 0 aromatic heterocycles. The highest BCUT2D eigenvalue weighted by Crippen LogP contribution is 2.23. The molecule has 0 saturated carbocycles. The van der Waals surface area contributed by atoms with E-state index >= 15 is 0 Å². The predicted octanol–water partition coefficient (Wildman–Crippen LogP) is 3.19. The number of nitrogens with zero attached hydrogens (tertiary/aromatic N) is 1. The van der Waals surface area contributed by atoms with Gasteiger partial charge in [0.05, 0.1) is 0 Å². The summed E-state index contributed by atoms with van der Waals surface area (Å²) >= 11 is 1.77. The molecule has 0 unspecified atom stereocenters. The molecule has 0 spiro atoms. The van der Waals surface area contributed by atoms with Crippen LogP contribution in [0.5, 0.6) is 0 Å². The lowest BCUT2D eigenvalue weighted by Crippen LogP contribution is -2.11. The van der Waals surface area contributed by atoms with Crippen LogP contribution in [0.2, 0.25) is 0 Å². The molecule has 0 saturated heterocycles. The van der Waals surface area contributed by atoms with Crippen LogP contribution in [0.15, 0.2) is 47.1 Å². The first-order valence-electron chi connectivity index (χ1n) is 4.64. The van der Waals surface area contributed by atoms with Crippen LogP contribution in [-0.4, -0.2) is 25.3 Å². The Morgan fingerprint density at radius 2 is 2.21 bits per heavy atom. The lowest BCUT2D eigenvalue weighted by molar-refractivity contribution is 0.526. The topological polar surface area (TPSA) is 3.24 Å². The standard InChI is InChI=1S/C12H17NS/c1-10(13(2)3)11-7-5-6-8-12(9-11)14-4/h6-9H,1,5H2,2-4H3. The van der Waals surface area contributed by atoms with Gasteiger partial charge in [0, 0.05) is 24.7 Å². The van der Waals surface area contributed by atoms with Gasteiger partial charge in [-0.1, -0.05) is 24.8 Å². The average molecular weight is 207 g/mol. The summed E-state index contributed by atoms with van der Waals surface area (Å²) in [6.45, 7) is 4.06. The molecule has 2 heteroatoms. The van der Waals surface area contributed by atoms with Crippen LogP contribution in [0.1, 0.15) is 6.42 Å². The Hall–Kier alpha value is -0.890. The molecule has 1 aliphatic carbocycles. The second kappa shape index (κ2) is 5.11. The normalized spacial score (nSPS) is 15.6. The van der Waals surface area contributed by atoms with Crippen LogP contribution in [0.25, 0.3) is 0 Å². The lowest BCUT2D eigenvalue weighted by Gasteiger charge is -2.16. The molecule has 14 heavy (non-hydrogen) atoms. The van der Waals surface area contributed by atoms with Gasteiger partial charge in [0.2, 0.25) is 0 Å². The van der Waals surface area contributed by atoms with Crippen LogP contribution in [0.4, 0.5) is 0 Å². The van der Waals surface area contributed by atoms with E-state index in [4.69, 9.17) is 0 Å². The smallest absolute Gasteiger partial charge is 0.0358 e. The molecule has 0 atom stereocenters. The summed E-state index contributed by atoms with van der Waals surface area (Å²) in [6.07, 6.45) is 11.8. The minimum Gasteiger partial charge on any atom is -0.378 e. The van der Waals surface area contributed by atoms with Crippen molar-refractivity contribution in [1.82, 2.24) is 4.90 Å². The third-order valence-electron chi connectivity index (χ3n) is 2.16. The van der Waals surface area contributed by atoms with E-state index in [0.29, 0.717) is 0 Å². The third kappa shape index (κ3) is 2.81. The first kappa shape index (κ1) is 11.2. The Kier molecular flexibility index (Phi) is 4.08. The largest absolute Gasteiger partial charge is 0.378 e. The summed E-state index contributed by atoms with van der Waals surface area (Å²) < 4.78 is 0. The minimum absolute atomic E-state index is 0.989. The molecule has 0 aliphatic heterocycles. The second-order valence-electron chi connectivity index (χ2n) is 3.39. The highest BCUT2D eigenvalue weighted by molar-refractivity contribution is 8.02. The van der Waals surface area contributed by atoms with Crippen LogP contribution in [-0.2, 0) is 0 Å². The molecule has 0 radical (unpaired) electrons. The maximum atomic E-state index is 4.06. The Bertz CT molecular complexity index is 308. The van der Waals surface area contributed by atoms with Gasteiger partial charge in [-0.05, 0) is 24.3 Å². The van der Waals surface area contributed by atoms with E-state index in [1.54, 1.807) is 11.8 Å². The first-order chi connectivity index (χ1) is 6.65. The molecule has 0 bridgehead atoms. The minimum atomic E-state index is 0.989. The van der Waals surface area contributed by atoms with Gasteiger partial charge in [0.15, 0.2) is 0 Å². The zero-order valence-corrected chi connectivity index (χ0v) is 9.90. The van der Waals surface area contributed by atoms with Gasteiger partial charge in [-0.3, -0.25) is 0 Å². The third-order valence-corrected chi connectivity index (χ3v) is 2.89. The number of hydrogen-bond donors (Lipinski definition) is 0. The van der Waals surface area contributed by atoms with Gasteiger partial charge in [-0.2, -0.15) is 0 Å². The molecule has 0 aromatic rings. The Morgan fingerprint density at radius 3 is 2.79 bits per heavy atom. The number of allylic oxidation sites excluding steroid dienone is 4. The van der Waals surface area contributed by atoms with Crippen molar-refractivity contribution < 1.29 is 0 Å². The van der Waals surface area contributed by atoms with E-state index in [-0.39, 0.29) is 0 Å². The number of rotatable bonds is 3. The van der Waals surface area contributed by atoms with Crippen molar-refractivity contribution in [2.45, 2.75) is 6.42 Å². The molecule has 0 amide bonds. The fourth-order valence-corrected chi connectivity index (χ4v) is 1.70. The van der Waals surface area contributed by atoms with Crippen molar-refractivity contribution in [2.75, 3.05) is 20.4 Å². The average Bonchev–Trinajstić information content (AvgIpc) is 2.41. The summed E-state index contributed by atoms with van der Waals surface area (Å²) in [5, 5.41) is 0. The van der Waals surface area contributed by atoms with Gasteiger partial charge < -0.3 is 4.90 Å². The zero-order valence-electron chi connectivity index (χ0n) is 9.08. The molecule has 76 valence electrons. The summed E-state index contributed by atoms with van der Waals surface area (Å²) in [5.41, 5.74) is 2.30. The monoisotopic (exact) mass is 207 g/mol. The number of thioether (sulfide) groups is 1. The summed E-state index contributed by atoms with van der Waals surface area (Å²) in [7, 11) is 4.04. The van der Waals surface area contributed by atoms with Crippen molar-refractivity contribution in [3.8, 4) is 0 Å². The fourth-order valence-electron chi connectivity index (χ4n) is 1.23. The first-order valence-corrected chi connectivity index (χ1v) is 5.86. The van der Waals surface area contributed by atoms with E-state index in [1.165, 1.54) is 10.5 Å². The Labute approximate surface area is 90.9 Å². The second-order valence-corrected chi connectivity index (χ2v) is 4.27. The molecule has 0 heterocycles. The van der Waals surface area contributed by atoms with Crippen molar-refractivity contribution in [1.29, 1.82) is 0 Å². The van der Waals surface area contributed by atoms with Gasteiger partial charge in [-0.25, -0.2) is 0 Å². The van der Waals surface area contributed by atoms with Gasteiger partial charge in [0.25, 0.3) is 0 Å². The summed E-state index contributed by atoms with van der Waals surface area (Å²) in [4.78, 5) is 3.34. The lowest BCUT2D eigenvalue weighted by atomic mass is 10.1. The van der Waals surface area contributed by atoms with Crippen molar-refractivity contribution in [3.05, 3.63) is 47.1 Å². The molecular formula is C12H17NS. The maximum absolute atomic E-state index is 4.06. The SMILES string of the molecule is C=C(C1=CCC=CC(SC)=C1)N(C)C. The number of likely N-dealkylation sites (N-methyl/N-ethyl adjacent to an activating group) is 1. The molecule has 0 aromatic carbocycles. The van der Waals surface area contributed by atoms with E-state index in [2.05, 4.69) is 37.1 Å². The van der Waals surface area contributed by atoms with Gasteiger partial charge in [-0.15, -0.1) is 11.8 Å². The van der Waals surface area contributed by atoms with E-state index in [9.17, 15) is 0 Å². The van der Waals surface area contributed by atoms with Crippen LogP contribution in [0.3, 0.4) is 0 Å². The molecule has 0 fully saturated rings. The highest BCUT2D eigenvalue weighted by Gasteiger charge is 2.04.